The number of aliphatic hydroxyl groups is 3. The van der Waals surface area contributed by atoms with Crippen molar-refractivity contribution >= 4 is 27.2 Å². The van der Waals surface area contributed by atoms with Gasteiger partial charge in [0, 0.05) is 42.0 Å². The quantitative estimate of drug-likeness (QED) is 0.176. The van der Waals surface area contributed by atoms with Crippen LogP contribution >= 0.6 is 9.90 Å². The van der Waals surface area contributed by atoms with E-state index in [0.29, 0.717) is 0 Å². The van der Waals surface area contributed by atoms with Crippen LogP contribution in [0.25, 0.3) is 0 Å². The number of benzene rings is 2. The van der Waals surface area contributed by atoms with Gasteiger partial charge in [0.15, 0.2) is 17.9 Å². The van der Waals surface area contributed by atoms with Crippen LogP contribution in [0.2, 0.25) is 0 Å². The van der Waals surface area contributed by atoms with Gasteiger partial charge in [0.25, 0.3) is 0 Å². The summed E-state index contributed by atoms with van der Waals surface area (Å²) in [6.07, 6.45) is -5.12. The molecule has 1 saturated heterocycles. The summed E-state index contributed by atoms with van der Waals surface area (Å²) in [4.78, 5) is 39.7. The molecular weight excluding hydrogens is 545 g/mol. The van der Waals surface area contributed by atoms with E-state index in [2.05, 4.69) is 0 Å². The Balaban J connectivity index is 0.00000370. The van der Waals surface area contributed by atoms with E-state index in [1.54, 1.807) is 6.92 Å². The second-order valence-electron chi connectivity index (χ2n) is 10.2. The fourth-order valence-corrected chi connectivity index (χ4v) is 5.75. The lowest BCUT2D eigenvalue weighted by atomic mass is 9.72. The number of aromatic hydroxyl groups is 2. The van der Waals surface area contributed by atoms with E-state index in [1.807, 2.05) is 0 Å². The maximum atomic E-state index is 13.6. The standard InChI is InChI=1S/C27H29NO11.H3P/c1-10-22(31)13(28)6-17(38-10)39-15-8-27(36,16(30)9-29)7-12-19(15)26(35)21-20(24(12)33)23(32)11-4-3-5-14(37-2)18(11)25(21)34;/h3-5,10,13,15,17,22,29,31,33,35-36H,6-9,28H2,1-2H3;1H3/t10-,13-,15-,17-,22+,27-;/m0./s1. The van der Waals surface area contributed by atoms with Crippen molar-refractivity contribution in [3.63, 3.8) is 0 Å². The van der Waals surface area contributed by atoms with E-state index in [-0.39, 0.29) is 44.3 Å². The van der Waals surface area contributed by atoms with Gasteiger partial charge in [-0.2, -0.15) is 9.90 Å². The summed E-state index contributed by atoms with van der Waals surface area (Å²) >= 11 is 0. The Bertz CT molecular complexity index is 1380. The molecule has 0 aromatic heterocycles. The van der Waals surface area contributed by atoms with Crippen molar-refractivity contribution in [1.82, 2.24) is 0 Å². The second kappa shape index (κ2) is 10.8. The molecule has 0 spiro atoms. The zero-order valence-electron chi connectivity index (χ0n) is 21.9. The summed E-state index contributed by atoms with van der Waals surface area (Å²) in [6, 6.07) is 3.64. The van der Waals surface area contributed by atoms with Crippen molar-refractivity contribution in [1.29, 1.82) is 0 Å². The number of ketones is 3. The summed E-state index contributed by atoms with van der Waals surface area (Å²) in [6.45, 7) is 0.560. The third-order valence-electron chi connectivity index (χ3n) is 7.81. The molecule has 40 heavy (non-hydrogen) atoms. The van der Waals surface area contributed by atoms with Crippen LogP contribution in [0.5, 0.6) is 17.2 Å². The van der Waals surface area contributed by atoms with Gasteiger partial charge in [-0.1, -0.05) is 12.1 Å². The maximum absolute atomic E-state index is 13.6. The molecule has 0 radical (unpaired) electrons. The van der Waals surface area contributed by atoms with Gasteiger partial charge in [-0.15, -0.1) is 0 Å². The molecule has 0 amide bonds. The Labute approximate surface area is 232 Å². The fourth-order valence-electron chi connectivity index (χ4n) is 5.75. The van der Waals surface area contributed by atoms with Crippen LogP contribution < -0.4 is 10.5 Å². The van der Waals surface area contributed by atoms with Crippen LogP contribution in [0.4, 0.5) is 0 Å². The smallest absolute Gasteiger partial charge is 0.202 e. The number of hydrogen-bond donors (Lipinski definition) is 6. The molecule has 7 atom stereocenters. The van der Waals surface area contributed by atoms with Gasteiger partial charge in [-0.05, 0) is 13.0 Å². The molecule has 12 nitrogen and oxygen atoms in total. The number of methoxy groups -OCH3 is 1. The van der Waals surface area contributed by atoms with Crippen LogP contribution in [0.3, 0.4) is 0 Å². The molecule has 216 valence electrons. The first-order valence-electron chi connectivity index (χ1n) is 12.4. The molecule has 2 aromatic rings. The summed E-state index contributed by atoms with van der Waals surface area (Å²) in [5, 5.41) is 53.7. The van der Waals surface area contributed by atoms with Gasteiger partial charge in [-0.3, -0.25) is 14.4 Å². The number of Topliss-reactive ketones (excluding diaryl/α,β-unsaturated/α-hetero) is 1. The SMILES string of the molecule is COc1cccc2c1C(=O)c1c(O)c3c(c(O)c1C2=O)C[C@@](O)(C(=O)CO)C[C@@H]3O[C@H]1C[C@H](N)[C@H](O)[C@H](C)O1.P. The van der Waals surface area contributed by atoms with Crippen molar-refractivity contribution < 1.29 is 54.1 Å². The highest BCUT2D eigenvalue weighted by atomic mass is 31.0. The number of rotatable bonds is 5. The van der Waals surface area contributed by atoms with Gasteiger partial charge in [0.1, 0.15) is 29.5 Å². The number of ether oxygens (including phenoxy) is 3. The third-order valence-corrected chi connectivity index (χ3v) is 7.81. The zero-order chi connectivity index (χ0) is 28.4. The Kier molecular flexibility index (Phi) is 8.09. The minimum Gasteiger partial charge on any atom is -0.507 e. The number of phenolic OH excluding ortho intramolecular Hbond substituents is 2. The van der Waals surface area contributed by atoms with E-state index in [4.69, 9.17) is 19.9 Å². The molecule has 1 heterocycles. The normalized spacial score (nSPS) is 29.1. The van der Waals surface area contributed by atoms with Crippen LogP contribution in [-0.4, -0.2) is 86.7 Å². The first-order valence-corrected chi connectivity index (χ1v) is 12.4. The van der Waals surface area contributed by atoms with E-state index < -0.39 is 95.7 Å². The molecule has 1 unspecified atom stereocenters. The lowest BCUT2D eigenvalue weighted by Crippen LogP contribution is -2.53. The minimum atomic E-state index is -2.24. The van der Waals surface area contributed by atoms with Crippen LogP contribution in [0.1, 0.15) is 68.8 Å². The lowest BCUT2D eigenvalue weighted by molar-refractivity contribution is -0.247. The number of fused-ring (bicyclic) bond motifs is 3. The summed E-state index contributed by atoms with van der Waals surface area (Å²) in [5.41, 5.74) is 2.37. The van der Waals surface area contributed by atoms with E-state index >= 15 is 0 Å². The van der Waals surface area contributed by atoms with Crippen molar-refractivity contribution in [2.24, 2.45) is 5.73 Å². The molecule has 2 aliphatic carbocycles. The zero-order valence-corrected chi connectivity index (χ0v) is 23.3. The van der Waals surface area contributed by atoms with Crippen LogP contribution in [0, 0.1) is 0 Å². The first-order chi connectivity index (χ1) is 18.4. The molecule has 1 fully saturated rings. The number of carbonyl (C=O) groups is 3. The summed E-state index contributed by atoms with van der Waals surface area (Å²) in [5.74, 6) is -3.77. The highest BCUT2D eigenvalue weighted by Gasteiger charge is 2.50. The number of carbonyl (C=O) groups excluding carboxylic acids is 3. The predicted molar refractivity (Wildman–Crippen MR) is 143 cm³/mol. The highest BCUT2D eigenvalue weighted by Crippen LogP contribution is 2.52. The molecule has 3 aliphatic rings. The van der Waals surface area contributed by atoms with Gasteiger partial charge in [0.2, 0.25) is 5.78 Å². The van der Waals surface area contributed by atoms with E-state index in [0.717, 1.165) is 0 Å². The first kappa shape index (κ1) is 30.0. The molecule has 0 bridgehead atoms. The average Bonchev–Trinajstić information content (AvgIpc) is 2.90. The topological polar surface area (TPSA) is 206 Å². The molecule has 0 saturated carbocycles. The Morgan fingerprint density at radius 3 is 2.45 bits per heavy atom. The van der Waals surface area contributed by atoms with Gasteiger partial charge in [0.05, 0.1) is 42.1 Å². The summed E-state index contributed by atoms with van der Waals surface area (Å²) < 4.78 is 17.0. The maximum Gasteiger partial charge on any atom is 0.202 e. The van der Waals surface area contributed by atoms with Crippen molar-refractivity contribution in [3.05, 3.63) is 51.6 Å². The van der Waals surface area contributed by atoms with E-state index in [1.165, 1.54) is 25.3 Å². The summed E-state index contributed by atoms with van der Waals surface area (Å²) in [7, 11) is 1.32. The van der Waals surface area contributed by atoms with Gasteiger partial charge >= 0.3 is 0 Å². The third kappa shape index (κ3) is 4.50. The van der Waals surface area contributed by atoms with Crippen molar-refractivity contribution in [2.45, 2.75) is 62.4 Å². The second-order valence-corrected chi connectivity index (χ2v) is 10.2. The molecule has 7 N–H and O–H groups in total. The van der Waals surface area contributed by atoms with E-state index in [9.17, 15) is 39.9 Å². The largest absolute Gasteiger partial charge is 0.507 e. The fraction of sp³-hybridized carbons (Fsp3) is 0.444. The van der Waals surface area contributed by atoms with Crippen LogP contribution in [0.15, 0.2) is 18.2 Å². The molecule has 5 rings (SSSR count). The number of hydrogen-bond acceptors (Lipinski definition) is 12. The molecule has 13 heteroatoms. The number of phenols is 2. The Morgan fingerprint density at radius 2 is 1.82 bits per heavy atom. The molecule has 1 aliphatic heterocycles. The predicted octanol–water partition coefficient (Wildman–Crippen LogP) is 0.0594. The average molecular weight is 578 g/mol. The minimum absolute atomic E-state index is 0. The highest BCUT2D eigenvalue weighted by molar-refractivity contribution is 6.92. The van der Waals surface area contributed by atoms with Gasteiger partial charge in [-0.25, -0.2) is 0 Å². The van der Waals surface area contributed by atoms with Gasteiger partial charge < -0.3 is 45.5 Å². The number of aliphatic hydroxyl groups excluding tert-OH is 2. The number of nitrogens with two attached hydrogens (primary N) is 1. The monoisotopic (exact) mass is 577 g/mol. The van der Waals surface area contributed by atoms with Crippen LogP contribution in [-0.2, 0) is 20.7 Å². The molecule has 2 aromatic carbocycles. The Hall–Kier alpha value is -2.96. The van der Waals surface area contributed by atoms with Crippen molar-refractivity contribution in [2.75, 3.05) is 13.7 Å². The Morgan fingerprint density at radius 1 is 1.15 bits per heavy atom. The lowest BCUT2D eigenvalue weighted by Gasteiger charge is -2.42. The van der Waals surface area contributed by atoms with Crippen molar-refractivity contribution in [3.8, 4) is 17.2 Å². The molecular formula is C27H32NO11P.